The van der Waals surface area contributed by atoms with Crippen LogP contribution in [0.4, 0.5) is 0 Å². The third kappa shape index (κ3) is 1.55. The zero-order chi connectivity index (χ0) is 10.2. The van der Waals surface area contributed by atoms with Gasteiger partial charge in [-0.15, -0.1) is 11.3 Å². The van der Waals surface area contributed by atoms with Crippen LogP contribution in [0.5, 0.6) is 0 Å². The highest BCUT2D eigenvalue weighted by Crippen LogP contribution is 2.39. The Morgan fingerprint density at radius 3 is 3.29 bits per heavy atom. The molecule has 0 bridgehead atoms. The first-order valence-electron chi connectivity index (χ1n) is 4.54. The minimum Gasteiger partial charge on any atom is -0.481 e. The molecule has 1 aliphatic rings. The summed E-state index contributed by atoms with van der Waals surface area (Å²) in [6.07, 6.45) is 0.939. The van der Waals surface area contributed by atoms with Gasteiger partial charge in [-0.3, -0.25) is 4.79 Å². The highest BCUT2D eigenvalue weighted by atomic mass is 32.1. The molecule has 0 fully saturated rings. The van der Waals surface area contributed by atoms with Gasteiger partial charge in [0.25, 0.3) is 0 Å². The van der Waals surface area contributed by atoms with Crippen molar-refractivity contribution in [2.24, 2.45) is 0 Å². The van der Waals surface area contributed by atoms with E-state index in [0.717, 1.165) is 11.3 Å². The summed E-state index contributed by atoms with van der Waals surface area (Å²) in [7, 11) is 0. The van der Waals surface area contributed by atoms with Crippen LogP contribution in [0.2, 0.25) is 0 Å². The average Bonchev–Trinajstić information content (AvgIpc) is 2.51. The lowest BCUT2D eigenvalue weighted by Crippen LogP contribution is -2.33. The van der Waals surface area contributed by atoms with E-state index >= 15 is 0 Å². The minimum atomic E-state index is -0.811. The van der Waals surface area contributed by atoms with Gasteiger partial charge in [-0.1, -0.05) is 0 Å². The Bertz CT molecular complexity index is 358. The second-order valence-corrected chi connectivity index (χ2v) is 4.59. The van der Waals surface area contributed by atoms with Crippen molar-refractivity contribution in [3.05, 3.63) is 21.9 Å². The summed E-state index contributed by atoms with van der Waals surface area (Å²) in [5, 5.41) is 10.8. The Labute approximate surface area is 86.3 Å². The summed E-state index contributed by atoms with van der Waals surface area (Å²) in [5.41, 5.74) is 0.623. The zero-order valence-electron chi connectivity index (χ0n) is 7.95. The molecule has 0 spiro atoms. The number of thiophene rings is 1. The Kier molecular flexibility index (Phi) is 2.33. The van der Waals surface area contributed by atoms with Crippen molar-refractivity contribution in [1.82, 2.24) is 0 Å². The molecule has 0 saturated heterocycles. The van der Waals surface area contributed by atoms with Crippen molar-refractivity contribution in [2.45, 2.75) is 25.4 Å². The number of carboxylic acid groups (broad SMARTS) is 1. The topological polar surface area (TPSA) is 46.5 Å². The van der Waals surface area contributed by atoms with E-state index in [0.29, 0.717) is 6.61 Å². The van der Waals surface area contributed by atoms with E-state index < -0.39 is 11.6 Å². The molecule has 1 unspecified atom stereocenters. The Morgan fingerprint density at radius 2 is 2.57 bits per heavy atom. The molecule has 1 aliphatic heterocycles. The Balaban J connectivity index is 2.34. The molecule has 0 saturated carbocycles. The van der Waals surface area contributed by atoms with Gasteiger partial charge >= 0.3 is 5.97 Å². The quantitative estimate of drug-likeness (QED) is 0.815. The predicted octanol–water partition coefficient (Wildman–Crippen LogP) is 2.01. The lowest BCUT2D eigenvalue weighted by molar-refractivity contribution is -0.146. The smallest absolute Gasteiger partial charge is 0.306 e. The SMILES string of the molecule is CC1(CC(=O)O)OCCc2ccsc21. The molecular weight excluding hydrogens is 200 g/mol. The fraction of sp³-hybridized carbons (Fsp3) is 0.500. The fourth-order valence-corrected chi connectivity index (χ4v) is 2.94. The van der Waals surface area contributed by atoms with Crippen LogP contribution in [0.1, 0.15) is 23.8 Å². The molecule has 14 heavy (non-hydrogen) atoms. The first-order valence-corrected chi connectivity index (χ1v) is 5.42. The van der Waals surface area contributed by atoms with E-state index in [1.54, 1.807) is 11.3 Å². The van der Waals surface area contributed by atoms with Crippen LogP contribution in [0.25, 0.3) is 0 Å². The normalized spacial score (nSPS) is 25.8. The Hall–Kier alpha value is -0.870. The summed E-state index contributed by atoms with van der Waals surface area (Å²) in [6, 6.07) is 2.06. The monoisotopic (exact) mass is 212 g/mol. The molecule has 0 amide bonds. The number of hydrogen-bond donors (Lipinski definition) is 1. The van der Waals surface area contributed by atoms with Crippen LogP contribution in [0.3, 0.4) is 0 Å². The van der Waals surface area contributed by atoms with Crippen molar-refractivity contribution in [1.29, 1.82) is 0 Å². The van der Waals surface area contributed by atoms with Gasteiger partial charge in [0, 0.05) is 4.88 Å². The zero-order valence-corrected chi connectivity index (χ0v) is 8.76. The highest BCUT2D eigenvalue weighted by molar-refractivity contribution is 7.10. The van der Waals surface area contributed by atoms with Crippen LogP contribution < -0.4 is 0 Å². The third-order valence-corrected chi connectivity index (χ3v) is 3.71. The maximum Gasteiger partial charge on any atom is 0.306 e. The standard InChI is InChI=1S/C10H12O3S/c1-10(6-8(11)12)9-7(2-4-13-10)3-5-14-9/h3,5H,2,4,6H2,1H3,(H,11,12). The van der Waals surface area contributed by atoms with E-state index in [1.165, 1.54) is 5.56 Å². The van der Waals surface area contributed by atoms with Crippen LogP contribution in [0.15, 0.2) is 11.4 Å². The van der Waals surface area contributed by atoms with Gasteiger partial charge < -0.3 is 9.84 Å². The first-order chi connectivity index (χ1) is 6.62. The van der Waals surface area contributed by atoms with E-state index in [9.17, 15) is 4.79 Å². The number of hydrogen-bond acceptors (Lipinski definition) is 3. The second-order valence-electron chi connectivity index (χ2n) is 3.67. The predicted molar refractivity (Wildman–Crippen MR) is 53.6 cm³/mol. The number of fused-ring (bicyclic) bond motifs is 1. The second kappa shape index (κ2) is 3.37. The van der Waals surface area contributed by atoms with Gasteiger partial charge in [0.1, 0.15) is 5.60 Å². The molecule has 0 aromatic carbocycles. The molecule has 1 N–H and O–H groups in total. The molecule has 0 aliphatic carbocycles. The molecule has 1 aromatic heterocycles. The maximum absolute atomic E-state index is 10.7. The number of rotatable bonds is 2. The fourth-order valence-electron chi connectivity index (χ4n) is 1.87. The van der Waals surface area contributed by atoms with Gasteiger partial charge in [0.15, 0.2) is 0 Å². The van der Waals surface area contributed by atoms with Crippen molar-refractivity contribution >= 4 is 17.3 Å². The minimum absolute atomic E-state index is 0.0422. The van der Waals surface area contributed by atoms with Crippen LogP contribution in [0, 0.1) is 0 Å². The number of carboxylic acids is 1. The summed E-state index contributed by atoms with van der Waals surface area (Å²) in [4.78, 5) is 11.8. The molecule has 3 nitrogen and oxygen atoms in total. The van der Waals surface area contributed by atoms with Gasteiger partial charge in [-0.2, -0.15) is 0 Å². The summed E-state index contributed by atoms with van der Waals surface area (Å²) in [6.45, 7) is 2.48. The van der Waals surface area contributed by atoms with Crippen molar-refractivity contribution in [2.75, 3.05) is 6.61 Å². The van der Waals surface area contributed by atoms with Gasteiger partial charge in [-0.25, -0.2) is 0 Å². The van der Waals surface area contributed by atoms with E-state index in [4.69, 9.17) is 9.84 Å². The maximum atomic E-state index is 10.7. The summed E-state index contributed by atoms with van der Waals surface area (Å²) >= 11 is 1.59. The van der Waals surface area contributed by atoms with Crippen LogP contribution >= 0.6 is 11.3 Å². The molecule has 76 valence electrons. The third-order valence-electron chi connectivity index (χ3n) is 2.51. The molecule has 1 aromatic rings. The largest absolute Gasteiger partial charge is 0.481 e. The average molecular weight is 212 g/mol. The first kappa shape index (κ1) is 9.68. The van der Waals surface area contributed by atoms with Gasteiger partial charge in [0.2, 0.25) is 0 Å². The van der Waals surface area contributed by atoms with Crippen molar-refractivity contribution in [3.8, 4) is 0 Å². The van der Waals surface area contributed by atoms with Gasteiger partial charge in [-0.05, 0) is 30.4 Å². The van der Waals surface area contributed by atoms with E-state index in [-0.39, 0.29) is 6.42 Å². The molecule has 1 atom stereocenters. The van der Waals surface area contributed by atoms with Crippen LogP contribution in [-0.4, -0.2) is 17.7 Å². The lowest BCUT2D eigenvalue weighted by atomic mass is 9.93. The highest BCUT2D eigenvalue weighted by Gasteiger charge is 2.36. The number of ether oxygens (including phenoxy) is 1. The van der Waals surface area contributed by atoms with Gasteiger partial charge in [0.05, 0.1) is 13.0 Å². The van der Waals surface area contributed by atoms with Crippen molar-refractivity contribution in [3.63, 3.8) is 0 Å². The number of carbonyl (C=O) groups is 1. The Morgan fingerprint density at radius 1 is 1.79 bits per heavy atom. The van der Waals surface area contributed by atoms with E-state index in [2.05, 4.69) is 6.07 Å². The molecule has 2 rings (SSSR count). The lowest BCUT2D eigenvalue weighted by Gasteiger charge is -2.32. The molecular formula is C10H12O3S. The molecule has 0 radical (unpaired) electrons. The van der Waals surface area contributed by atoms with Crippen LogP contribution in [-0.2, 0) is 21.6 Å². The summed E-state index contributed by atoms with van der Waals surface area (Å²) in [5.74, 6) is -0.811. The molecule has 2 heterocycles. The summed E-state index contributed by atoms with van der Waals surface area (Å²) < 4.78 is 5.59. The van der Waals surface area contributed by atoms with E-state index in [1.807, 2.05) is 12.3 Å². The van der Waals surface area contributed by atoms with Crippen molar-refractivity contribution < 1.29 is 14.6 Å². The number of aliphatic carboxylic acids is 1. The molecule has 4 heteroatoms.